The molecule has 2 atom stereocenters. The number of benzene rings is 2. The molecule has 1 nitrogen and oxygen atoms in total. The predicted octanol–water partition coefficient (Wildman–Crippen LogP) is 5.37. The van der Waals surface area contributed by atoms with Crippen molar-refractivity contribution in [1.82, 2.24) is 0 Å². The molecule has 0 aromatic heterocycles. The summed E-state index contributed by atoms with van der Waals surface area (Å²) in [5, 5.41) is 12.1. The van der Waals surface area contributed by atoms with Gasteiger partial charge in [-0.2, -0.15) is 0 Å². The maximum Gasteiger partial charge on any atom is 0.101 e. The predicted molar refractivity (Wildman–Crippen MR) is 107 cm³/mol. The van der Waals surface area contributed by atoms with Crippen LogP contribution in [0.25, 0.3) is 0 Å². The molecule has 1 heteroatoms. The average Bonchev–Trinajstić information content (AvgIpc) is 2.61. The van der Waals surface area contributed by atoms with Crippen molar-refractivity contribution in [3.63, 3.8) is 0 Å². The van der Waals surface area contributed by atoms with E-state index in [0.29, 0.717) is 6.42 Å². The van der Waals surface area contributed by atoms with Gasteiger partial charge >= 0.3 is 0 Å². The number of hydrogen-bond acceptors (Lipinski definition) is 1. The molecular formula is C25H26O. The first-order valence-corrected chi connectivity index (χ1v) is 9.63. The molecule has 1 N–H and O–H groups in total. The van der Waals surface area contributed by atoms with Crippen molar-refractivity contribution in [2.45, 2.75) is 56.5 Å². The lowest BCUT2D eigenvalue weighted by molar-refractivity contribution is 0.0407. The number of aliphatic hydroxyl groups is 1. The molecule has 0 aliphatic heterocycles. The SMILES string of the molecule is CC1(C)C2=CC=CCC2(O)C2c3ccccc3C(C)(C)c3cccc1c32. The molecule has 5 rings (SSSR count). The van der Waals surface area contributed by atoms with Crippen LogP contribution in [-0.2, 0) is 10.8 Å². The van der Waals surface area contributed by atoms with Crippen LogP contribution in [0.1, 0.15) is 67.9 Å². The van der Waals surface area contributed by atoms with Crippen LogP contribution in [0.4, 0.5) is 0 Å². The zero-order chi connectivity index (χ0) is 18.3. The number of hydrogen-bond donors (Lipinski definition) is 1. The summed E-state index contributed by atoms with van der Waals surface area (Å²) in [6, 6.07) is 15.5. The summed E-state index contributed by atoms with van der Waals surface area (Å²) in [7, 11) is 0. The number of allylic oxidation sites excluding steroid dienone is 2. The van der Waals surface area contributed by atoms with Gasteiger partial charge in [-0.1, -0.05) is 88.4 Å². The van der Waals surface area contributed by atoms with Gasteiger partial charge in [-0.15, -0.1) is 0 Å². The van der Waals surface area contributed by atoms with E-state index in [-0.39, 0.29) is 16.7 Å². The quantitative estimate of drug-likeness (QED) is 0.683. The molecule has 0 radical (unpaired) electrons. The van der Waals surface area contributed by atoms with E-state index < -0.39 is 5.60 Å². The van der Waals surface area contributed by atoms with E-state index in [1.165, 1.54) is 27.8 Å². The third kappa shape index (κ3) is 1.70. The maximum absolute atomic E-state index is 12.1. The monoisotopic (exact) mass is 342 g/mol. The van der Waals surface area contributed by atoms with Gasteiger partial charge in [0.2, 0.25) is 0 Å². The second-order valence-corrected chi connectivity index (χ2v) is 9.17. The lowest BCUT2D eigenvalue weighted by Crippen LogP contribution is -2.53. The van der Waals surface area contributed by atoms with Crippen LogP contribution in [0, 0.1) is 0 Å². The minimum atomic E-state index is -0.853. The highest BCUT2D eigenvalue weighted by molar-refractivity contribution is 5.67. The Bertz CT molecular complexity index is 989. The Morgan fingerprint density at radius 1 is 0.846 bits per heavy atom. The van der Waals surface area contributed by atoms with Gasteiger partial charge in [0.1, 0.15) is 5.60 Å². The van der Waals surface area contributed by atoms with E-state index in [4.69, 9.17) is 0 Å². The molecule has 2 unspecified atom stereocenters. The fourth-order valence-corrected chi connectivity index (χ4v) is 5.91. The molecule has 0 saturated carbocycles. The first-order valence-electron chi connectivity index (χ1n) is 9.63. The van der Waals surface area contributed by atoms with Crippen molar-refractivity contribution in [1.29, 1.82) is 0 Å². The highest BCUT2D eigenvalue weighted by atomic mass is 16.3. The molecule has 0 spiro atoms. The zero-order valence-electron chi connectivity index (χ0n) is 16.0. The van der Waals surface area contributed by atoms with Gasteiger partial charge < -0.3 is 5.11 Å². The highest BCUT2D eigenvalue weighted by Gasteiger charge is 2.56. The minimum absolute atomic E-state index is 0.00199. The summed E-state index contributed by atoms with van der Waals surface area (Å²) < 4.78 is 0. The van der Waals surface area contributed by atoms with Crippen LogP contribution in [0.5, 0.6) is 0 Å². The van der Waals surface area contributed by atoms with Gasteiger partial charge in [-0.25, -0.2) is 0 Å². The Morgan fingerprint density at radius 3 is 2.27 bits per heavy atom. The topological polar surface area (TPSA) is 20.2 Å². The zero-order valence-corrected chi connectivity index (χ0v) is 16.0. The summed E-state index contributed by atoms with van der Waals surface area (Å²) in [4.78, 5) is 0. The Labute approximate surface area is 156 Å². The summed E-state index contributed by atoms with van der Waals surface area (Å²) in [5.74, 6) is 0.00199. The largest absolute Gasteiger partial charge is 0.384 e. The molecule has 0 bridgehead atoms. The molecule has 2 aromatic rings. The third-order valence-corrected chi connectivity index (χ3v) is 7.13. The first kappa shape index (κ1) is 16.1. The molecule has 26 heavy (non-hydrogen) atoms. The molecule has 132 valence electrons. The summed E-state index contributed by atoms with van der Waals surface area (Å²) in [5.41, 5.74) is 6.79. The third-order valence-electron chi connectivity index (χ3n) is 7.13. The van der Waals surface area contributed by atoms with Crippen LogP contribution in [0.3, 0.4) is 0 Å². The van der Waals surface area contributed by atoms with Crippen LogP contribution in [0.2, 0.25) is 0 Å². The smallest absolute Gasteiger partial charge is 0.101 e. The van der Waals surface area contributed by atoms with Gasteiger partial charge in [0.25, 0.3) is 0 Å². The Balaban J connectivity index is 1.96. The first-order chi connectivity index (χ1) is 12.3. The van der Waals surface area contributed by atoms with Crippen molar-refractivity contribution in [3.8, 4) is 0 Å². The minimum Gasteiger partial charge on any atom is -0.384 e. The van der Waals surface area contributed by atoms with E-state index in [9.17, 15) is 5.11 Å². The van der Waals surface area contributed by atoms with Crippen molar-refractivity contribution >= 4 is 0 Å². The van der Waals surface area contributed by atoms with Crippen molar-refractivity contribution in [2.75, 3.05) is 0 Å². The van der Waals surface area contributed by atoms with E-state index in [0.717, 1.165) is 5.57 Å². The summed E-state index contributed by atoms with van der Waals surface area (Å²) in [6.07, 6.45) is 7.06. The lowest BCUT2D eigenvalue weighted by atomic mass is 9.50. The Hall–Kier alpha value is -2.12. The normalized spacial score (nSPS) is 29.3. The molecule has 0 heterocycles. The second-order valence-electron chi connectivity index (χ2n) is 9.17. The maximum atomic E-state index is 12.1. The standard InChI is InChI=1S/C25H26O/c1-23(2)17-11-6-5-10-16(17)22-21-18(23)12-9-13-19(21)24(3,4)20-14-7-8-15-25(20,22)26/h5-14,22,26H,15H2,1-4H3. The number of rotatable bonds is 0. The molecule has 0 amide bonds. The van der Waals surface area contributed by atoms with E-state index in [1.54, 1.807) is 0 Å². The molecule has 2 aromatic carbocycles. The molecule has 0 saturated heterocycles. The van der Waals surface area contributed by atoms with Gasteiger partial charge in [0.05, 0.1) is 0 Å². The van der Waals surface area contributed by atoms with E-state index in [2.05, 4.69) is 88.4 Å². The van der Waals surface area contributed by atoms with Gasteiger partial charge in [-0.05, 0) is 39.8 Å². The molecule has 3 aliphatic carbocycles. The van der Waals surface area contributed by atoms with E-state index in [1.807, 2.05) is 0 Å². The van der Waals surface area contributed by atoms with Gasteiger partial charge in [0.15, 0.2) is 0 Å². The van der Waals surface area contributed by atoms with Crippen molar-refractivity contribution in [2.24, 2.45) is 0 Å². The highest BCUT2D eigenvalue weighted by Crippen LogP contribution is 2.61. The van der Waals surface area contributed by atoms with Gasteiger partial charge in [-0.3, -0.25) is 0 Å². The fraction of sp³-hybridized carbons (Fsp3) is 0.360. The molecule has 0 fully saturated rings. The molecule has 3 aliphatic rings. The van der Waals surface area contributed by atoms with Crippen LogP contribution in [-0.4, -0.2) is 10.7 Å². The summed E-state index contributed by atoms with van der Waals surface area (Å²) in [6.45, 7) is 9.17. The van der Waals surface area contributed by atoms with Crippen LogP contribution < -0.4 is 0 Å². The summed E-state index contributed by atoms with van der Waals surface area (Å²) >= 11 is 0. The lowest BCUT2D eigenvalue weighted by Gasteiger charge is -2.55. The van der Waals surface area contributed by atoms with Crippen LogP contribution in [0.15, 0.2) is 66.3 Å². The van der Waals surface area contributed by atoms with Gasteiger partial charge in [0, 0.05) is 16.7 Å². The average molecular weight is 342 g/mol. The second kappa shape index (κ2) is 4.78. The van der Waals surface area contributed by atoms with Crippen molar-refractivity contribution < 1.29 is 5.11 Å². The van der Waals surface area contributed by atoms with Crippen LogP contribution >= 0.6 is 0 Å². The Morgan fingerprint density at radius 2 is 1.50 bits per heavy atom. The Kier molecular flexibility index (Phi) is 2.96. The fourth-order valence-electron chi connectivity index (χ4n) is 5.91. The van der Waals surface area contributed by atoms with Crippen molar-refractivity contribution in [3.05, 3.63) is 94.1 Å². The van der Waals surface area contributed by atoms with E-state index >= 15 is 0 Å². The molecular weight excluding hydrogens is 316 g/mol. The number of fused-ring (bicyclic) bond motifs is 4.